The van der Waals surface area contributed by atoms with Crippen LogP contribution in [0.4, 0.5) is 8.78 Å². The van der Waals surface area contributed by atoms with Crippen molar-refractivity contribution in [2.24, 2.45) is 5.92 Å². The van der Waals surface area contributed by atoms with Gasteiger partial charge in [-0.15, -0.1) is 0 Å². The molecule has 0 N–H and O–H groups in total. The molecule has 0 amide bonds. The fourth-order valence-electron chi connectivity index (χ4n) is 2.81. The van der Waals surface area contributed by atoms with Crippen LogP contribution in [0.3, 0.4) is 0 Å². The van der Waals surface area contributed by atoms with Gasteiger partial charge >= 0.3 is 12.6 Å². The number of pyridine rings is 1. The zero-order chi connectivity index (χ0) is 21.7. The summed E-state index contributed by atoms with van der Waals surface area (Å²) in [5.41, 5.74) is 1.11. The predicted octanol–water partition coefficient (Wildman–Crippen LogP) is 6.02. The number of carbonyl (C=O) groups is 1. The Kier molecular flexibility index (Phi) is 7.72. The van der Waals surface area contributed by atoms with E-state index in [-0.39, 0.29) is 24.3 Å². The Morgan fingerprint density at radius 2 is 1.90 bits per heavy atom. The molecule has 0 bridgehead atoms. The molecule has 3 rings (SSSR count). The van der Waals surface area contributed by atoms with E-state index in [1.54, 1.807) is 19.1 Å². The average molecular weight is 460 g/mol. The van der Waals surface area contributed by atoms with Crippen LogP contribution in [0.1, 0.15) is 43.4 Å². The molecule has 5 nitrogen and oxygen atoms in total. The highest BCUT2D eigenvalue weighted by Crippen LogP contribution is 2.37. The third-order valence-electron chi connectivity index (χ3n) is 4.63. The van der Waals surface area contributed by atoms with Crippen molar-refractivity contribution in [1.82, 2.24) is 4.98 Å². The molecule has 1 unspecified atom stereocenters. The molecule has 1 heterocycles. The van der Waals surface area contributed by atoms with Gasteiger partial charge in [-0.05, 0) is 42.0 Å². The Balaban J connectivity index is 1.92. The van der Waals surface area contributed by atoms with Gasteiger partial charge in [0.25, 0.3) is 0 Å². The molecule has 0 aliphatic heterocycles. The third kappa shape index (κ3) is 6.19. The molecule has 1 aromatic heterocycles. The number of carbonyl (C=O) groups excluding carboxylic acids is 1. The standard InChI is InChI=1S/C21H21Cl2F2NO4/c1-2-20(27)29-18(8-14-15(22)9-26-10-16(14)23)13-5-6-17(30-21(24)25)19(7-13)28-11-12-3-4-12/h5-7,9-10,12,18,21H,2-4,8,11H2,1H3. The predicted molar refractivity (Wildman–Crippen MR) is 108 cm³/mol. The van der Waals surface area contributed by atoms with Crippen LogP contribution in [0.2, 0.25) is 10.0 Å². The molecule has 30 heavy (non-hydrogen) atoms. The number of benzene rings is 1. The highest BCUT2D eigenvalue weighted by atomic mass is 35.5. The zero-order valence-corrected chi connectivity index (χ0v) is 17.8. The van der Waals surface area contributed by atoms with Crippen LogP contribution in [0, 0.1) is 5.92 Å². The normalized spacial score (nSPS) is 14.5. The van der Waals surface area contributed by atoms with Crippen molar-refractivity contribution in [3.05, 3.63) is 51.8 Å². The fraction of sp³-hybridized carbons (Fsp3) is 0.429. The van der Waals surface area contributed by atoms with E-state index < -0.39 is 18.7 Å². The maximum Gasteiger partial charge on any atom is 0.387 e. The number of aromatic nitrogens is 1. The summed E-state index contributed by atoms with van der Waals surface area (Å²) < 4.78 is 41.5. The summed E-state index contributed by atoms with van der Waals surface area (Å²) in [6, 6.07) is 4.49. The van der Waals surface area contributed by atoms with Crippen molar-refractivity contribution < 1.29 is 27.8 Å². The maximum absolute atomic E-state index is 12.8. The number of esters is 1. The minimum Gasteiger partial charge on any atom is -0.489 e. The first kappa shape index (κ1) is 22.6. The van der Waals surface area contributed by atoms with Crippen molar-refractivity contribution >= 4 is 29.2 Å². The van der Waals surface area contributed by atoms with Crippen molar-refractivity contribution in [2.75, 3.05) is 6.61 Å². The van der Waals surface area contributed by atoms with E-state index in [1.807, 2.05) is 0 Å². The summed E-state index contributed by atoms with van der Waals surface area (Å²) in [5.74, 6) is 0.0879. The monoisotopic (exact) mass is 459 g/mol. The van der Waals surface area contributed by atoms with E-state index in [2.05, 4.69) is 9.72 Å². The first-order valence-electron chi connectivity index (χ1n) is 9.56. The SMILES string of the molecule is CCC(=O)OC(Cc1c(Cl)cncc1Cl)c1ccc(OC(F)F)c(OCC2CC2)c1. The Morgan fingerprint density at radius 3 is 2.50 bits per heavy atom. The van der Waals surface area contributed by atoms with Gasteiger partial charge in [0.2, 0.25) is 0 Å². The van der Waals surface area contributed by atoms with Gasteiger partial charge < -0.3 is 14.2 Å². The number of rotatable bonds is 10. The molecule has 0 radical (unpaired) electrons. The number of halogens is 4. The van der Waals surface area contributed by atoms with Crippen LogP contribution < -0.4 is 9.47 Å². The maximum atomic E-state index is 12.8. The Bertz CT molecular complexity index is 873. The molecular formula is C21H21Cl2F2NO4. The Morgan fingerprint density at radius 1 is 1.20 bits per heavy atom. The molecular weight excluding hydrogens is 439 g/mol. The van der Waals surface area contributed by atoms with E-state index in [0.717, 1.165) is 12.8 Å². The lowest BCUT2D eigenvalue weighted by atomic mass is 10.0. The molecule has 1 saturated carbocycles. The second-order valence-electron chi connectivity index (χ2n) is 6.96. The molecule has 9 heteroatoms. The minimum absolute atomic E-state index is 0.0741. The molecule has 0 spiro atoms. The molecule has 1 aliphatic rings. The first-order valence-corrected chi connectivity index (χ1v) is 10.3. The number of hydrogen-bond donors (Lipinski definition) is 0. The van der Waals surface area contributed by atoms with Crippen molar-refractivity contribution in [1.29, 1.82) is 0 Å². The lowest BCUT2D eigenvalue weighted by molar-refractivity contribution is -0.149. The zero-order valence-electron chi connectivity index (χ0n) is 16.2. The Hall–Kier alpha value is -2.12. The summed E-state index contributed by atoms with van der Waals surface area (Å²) in [6.07, 6.45) is 4.59. The van der Waals surface area contributed by atoms with Gasteiger partial charge in [-0.25, -0.2) is 0 Å². The summed E-state index contributed by atoms with van der Waals surface area (Å²) in [6.45, 7) is -0.901. The third-order valence-corrected chi connectivity index (χ3v) is 5.28. The van der Waals surface area contributed by atoms with Gasteiger partial charge in [0, 0.05) is 25.2 Å². The van der Waals surface area contributed by atoms with Gasteiger partial charge in [-0.3, -0.25) is 9.78 Å². The van der Waals surface area contributed by atoms with E-state index in [9.17, 15) is 13.6 Å². The number of hydrogen-bond acceptors (Lipinski definition) is 5. The first-order chi connectivity index (χ1) is 14.4. The molecule has 2 aromatic rings. The fourth-order valence-corrected chi connectivity index (χ4v) is 3.33. The average Bonchev–Trinajstić information content (AvgIpc) is 3.53. The highest BCUT2D eigenvalue weighted by Gasteiger charge is 2.25. The second-order valence-corrected chi connectivity index (χ2v) is 7.77. The molecule has 1 fully saturated rings. The van der Waals surface area contributed by atoms with Gasteiger partial charge in [-0.2, -0.15) is 8.78 Å². The van der Waals surface area contributed by atoms with Crippen LogP contribution in [0.25, 0.3) is 0 Å². The summed E-state index contributed by atoms with van der Waals surface area (Å²) in [4.78, 5) is 15.9. The summed E-state index contributed by atoms with van der Waals surface area (Å²) in [5, 5.41) is 0.672. The van der Waals surface area contributed by atoms with Crippen LogP contribution in [-0.4, -0.2) is 24.2 Å². The van der Waals surface area contributed by atoms with Crippen LogP contribution in [-0.2, 0) is 16.0 Å². The molecule has 1 aromatic carbocycles. The van der Waals surface area contributed by atoms with Crippen LogP contribution in [0.15, 0.2) is 30.6 Å². The lowest BCUT2D eigenvalue weighted by Gasteiger charge is -2.21. The second kappa shape index (κ2) is 10.3. The van der Waals surface area contributed by atoms with Crippen molar-refractivity contribution in [3.8, 4) is 11.5 Å². The van der Waals surface area contributed by atoms with Gasteiger partial charge in [0.15, 0.2) is 11.5 Å². The van der Waals surface area contributed by atoms with Gasteiger partial charge in [0.05, 0.1) is 16.7 Å². The van der Waals surface area contributed by atoms with E-state index >= 15 is 0 Å². The molecule has 1 aliphatic carbocycles. The smallest absolute Gasteiger partial charge is 0.387 e. The number of nitrogens with zero attached hydrogens (tertiary/aromatic N) is 1. The number of alkyl halides is 2. The lowest BCUT2D eigenvalue weighted by Crippen LogP contribution is -2.14. The molecule has 0 saturated heterocycles. The largest absolute Gasteiger partial charge is 0.489 e. The van der Waals surface area contributed by atoms with Gasteiger partial charge in [-0.1, -0.05) is 36.2 Å². The van der Waals surface area contributed by atoms with Crippen LogP contribution >= 0.6 is 23.2 Å². The van der Waals surface area contributed by atoms with E-state index in [1.165, 1.54) is 18.5 Å². The van der Waals surface area contributed by atoms with Crippen molar-refractivity contribution in [2.45, 2.75) is 45.3 Å². The summed E-state index contributed by atoms with van der Waals surface area (Å²) in [7, 11) is 0. The molecule has 162 valence electrons. The minimum atomic E-state index is -2.98. The number of ether oxygens (including phenoxy) is 3. The van der Waals surface area contributed by atoms with Crippen molar-refractivity contribution in [3.63, 3.8) is 0 Å². The molecule has 1 atom stereocenters. The Labute approximate surface area is 183 Å². The quantitative estimate of drug-likeness (QED) is 0.406. The van der Waals surface area contributed by atoms with E-state index in [4.69, 9.17) is 32.7 Å². The topological polar surface area (TPSA) is 57.7 Å². The van der Waals surface area contributed by atoms with Gasteiger partial charge in [0.1, 0.15) is 6.10 Å². The highest BCUT2D eigenvalue weighted by molar-refractivity contribution is 6.35. The summed E-state index contributed by atoms with van der Waals surface area (Å²) >= 11 is 12.4. The van der Waals surface area contributed by atoms with E-state index in [0.29, 0.717) is 33.7 Å². The van der Waals surface area contributed by atoms with Crippen LogP contribution in [0.5, 0.6) is 11.5 Å².